The second-order valence-corrected chi connectivity index (χ2v) is 8.39. The van der Waals surface area contributed by atoms with Crippen molar-refractivity contribution in [3.8, 4) is 0 Å². The highest BCUT2D eigenvalue weighted by Gasteiger charge is 2.22. The van der Waals surface area contributed by atoms with Gasteiger partial charge in [-0.15, -0.1) is 0 Å². The minimum absolute atomic E-state index is 0.121. The molecule has 0 bridgehead atoms. The van der Waals surface area contributed by atoms with E-state index in [9.17, 15) is 9.18 Å². The molecule has 6 heteroatoms. The zero-order valence-electron chi connectivity index (χ0n) is 17.2. The standard InChI is InChI=1S/C25H25ClFN3O/c26-22-5-3-21(4-6-22)25(31)29-16-19-9-12-28-24(15-19)20-10-13-30(14-11-20)17-18-1-7-23(27)8-2-18/h1-9,12,15,20H,10-11,13-14,16-17H2,(H,29,31). The predicted octanol–water partition coefficient (Wildman–Crippen LogP) is 5.18. The molecule has 1 aliphatic heterocycles. The largest absolute Gasteiger partial charge is 0.348 e. The van der Waals surface area contributed by atoms with E-state index in [0.717, 1.165) is 49.3 Å². The maximum absolute atomic E-state index is 13.1. The Bertz CT molecular complexity index is 1020. The number of hydrogen-bond donors (Lipinski definition) is 1. The molecule has 4 rings (SSSR count). The molecule has 1 amide bonds. The van der Waals surface area contributed by atoms with Crippen molar-refractivity contribution in [1.82, 2.24) is 15.2 Å². The first-order valence-electron chi connectivity index (χ1n) is 10.5. The molecule has 1 aromatic heterocycles. The lowest BCUT2D eigenvalue weighted by molar-refractivity contribution is 0.0951. The van der Waals surface area contributed by atoms with E-state index in [4.69, 9.17) is 11.6 Å². The fourth-order valence-electron chi connectivity index (χ4n) is 3.95. The van der Waals surface area contributed by atoms with E-state index < -0.39 is 0 Å². The summed E-state index contributed by atoms with van der Waals surface area (Å²) in [6.07, 6.45) is 3.90. The summed E-state index contributed by atoms with van der Waals surface area (Å²) in [5, 5.41) is 3.57. The molecular formula is C25H25ClFN3O. The van der Waals surface area contributed by atoms with Crippen molar-refractivity contribution in [3.05, 3.63) is 100 Å². The lowest BCUT2D eigenvalue weighted by Gasteiger charge is -2.31. The molecule has 0 aliphatic carbocycles. The summed E-state index contributed by atoms with van der Waals surface area (Å²) >= 11 is 5.88. The smallest absolute Gasteiger partial charge is 0.251 e. The maximum Gasteiger partial charge on any atom is 0.251 e. The van der Waals surface area contributed by atoms with Crippen LogP contribution in [0, 0.1) is 5.82 Å². The van der Waals surface area contributed by atoms with E-state index in [1.54, 1.807) is 24.3 Å². The molecule has 4 nitrogen and oxygen atoms in total. The van der Waals surface area contributed by atoms with Gasteiger partial charge in [-0.25, -0.2) is 4.39 Å². The van der Waals surface area contributed by atoms with Gasteiger partial charge >= 0.3 is 0 Å². The lowest BCUT2D eigenvalue weighted by Crippen LogP contribution is -2.32. The topological polar surface area (TPSA) is 45.2 Å². The third-order valence-corrected chi connectivity index (χ3v) is 5.98. The fourth-order valence-corrected chi connectivity index (χ4v) is 4.07. The molecule has 0 unspecified atom stereocenters. The van der Waals surface area contributed by atoms with Gasteiger partial charge in [0.1, 0.15) is 5.82 Å². The van der Waals surface area contributed by atoms with Crippen molar-refractivity contribution in [2.75, 3.05) is 13.1 Å². The third kappa shape index (κ3) is 5.90. The first kappa shape index (κ1) is 21.5. The van der Waals surface area contributed by atoms with E-state index in [1.807, 2.05) is 24.4 Å². The van der Waals surface area contributed by atoms with Crippen molar-refractivity contribution < 1.29 is 9.18 Å². The van der Waals surface area contributed by atoms with Crippen molar-refractivity contribution in [2.45, 2.75) is 31.8 Å². The monoisotopic (exact) mass is 437 g/mol. The van der Waals surface area contributed by atoms with Gasteiger partial charge in [-0.3, -0.25) is 14.7 Å². The molecule has 2 aromatic carbocycles. The van der Waals surface area contributed by atoms with Crippen molar-refractivity contribution in [1.29, 1.82) is 0 Å². The summed E-state index contributed by atoms with van der Waals surface area (Å²) in [5.41, 5.74) is 3.85. The molecule has 0 atom stereocenters. The lowest BCUT2D eigenvalue weighted by atomic mass is 9.92. The number of benzene rings is 2. The van der Waals surface area contributed by atoms with Gasteiger partial charge < -0.3 is 5.32 Å². The van der Waals surface area contributed by atoms with Crippen LogP contribution in [0.15, 0.2) is 66.9 Å². The number of carbonyl (C=O) groups excluding carboxylic acids is 1. The Morgan fingerprint density at radius 1 is 1.03 bits per heavy atom. The molecule has 3 aromatic rings. The number of rotatable bonds is 6. The molecule has 1 aliphatic rings. The number of halogens is 2. The van der Waals surface area contributed by atoms with Gasteiger partial charge in [0.05, 0.1) is 0 Å². The van der Waals surface area contributed by atoms with Crippen LogP contribution in [0.1, 0.15) is 45.9 Å². The first-order valence-corrected chi connectivity index (χ1v) is 10.9. The van der Waals surface area contributed by atoms with E-state index >= 15 is 0 Å². The molecule has 1 fully saturated rings. The fraction of sp³-hybridized carbons (Fsp3) is 0.280. The predicted molar refractivity (Wildman–Crippen MR) is 121 cm³/mol. The van der Waals surface area contributed by atoms with E-state index in [1.165, 1.54) is 12.1 Å². The molecule has 0 radical (unpaired) electrons. The van der Waals surface area contributed by atoms with Gasteiger partial charge in [0, 0.05) is 41.5 Å². The Balaban J connectivity index is 1.29. The molecule has 31 heavy (non-hydrogen) atoms. The SMILES string of the molecule is O=C(NCc1ccnc(C2CCN(Cc3ccc(F)cc3)CC2)c1)c1ccc(Cl)cc1. The molecule has 1 saturated heterocycles. The number of hydrogen-bond acceptors (Lipinski definition) is 3. The Hall–Kier alpha value is -2.76. The highest BCUT2D eigenvalue weighted by molar-refractivity contribution is 6.30. The molecular weight excluding hydrogens is 413 g/mol. The van der Waals surface area contributed by atoms with Crippen LogP contribution in [0.4, 0.5) is 4.39 Å². The number of amides is 1. The summed E-state index contributed by atoms with van der Waals surface area (Å²) in [6, 6.07) is 17.6. The van der Waals surface area contributed by atoms with Crippen molar-refractivity contribution in [3.63, 3.8) is 0 Å². The summed E-state index contributed by atoms with van der Waals surface area (Å²) in [6.45, 7) is 3.28. The second kappa shape index (κ2) is 10.0. The minimum atomic E-state index is -0.197. The zero-order chi connectivity index (χ0) is 21.6. The first-order chi connectivity index (χ1) is 15.1. The van der Waals surface area contributed by atoms with Gasteiger partial charge in [-0.05, 0) is 85.6 Å². The average Bonchev–Trinajstić information content (AvgIpc) is 2.80. The Morgan fingerprint density at radius 3 is 2.45 bits per heavy atom. The van der Waals surface area contributed by atoms with Crippen LogP contribution in [-0.2, 0) is 13.1 Å². The van der Waals surface area contributed by atoms with Crippen LogP contribution in [0.5, 0.6) is 0 Å². The van der Waals surface area contributed by atoms with Crippen LogP contribution in [0.3, 0.4) is 0 Å². The third-order valence-electron chi connectivity index (χ3n) is 5.73. The summed E-state index contributed by atoms with van der Waals surface area (Å²) in [7, 11) is 0. The zero-order valence-corrected chi connectivity index (χ0v) is 18.0. The molecule has 0 spiro atoms. The number of nitrogens with zero attached hydrogens (tertiary/aromatic N) is 2. The molecule has 160 valence electrons. The highest BCUT2D eigenvalue weighted by atomic mass is 35.5. The summed E-state index contributed by atoms with van der Waals surface area (Å²) < 4.78 is 13.1. The second-order valence-electron chi connectivity index (χ2n) is 7.96. The Morgan fingerprint density at radius 2 is 1.74 bits per heavy atom. The van der Waals surface area contributed by atoms with E-state index in [2.05, 4.69) is 21.3 Å². The number of likely N-dealkylation sites (tertiary alicyclic amines) is 1. The number of aromatic nitrogens is 1. The Labute approximate surface area is 187 Å². The van der Waals surface area contributed by atoms with Crippen LogP contribution in [-0.4, -0.2) is 28.9 Å². The van der Waals surface area contributed by atoms with Crippen molar-refractivity contribution in [2.24, 2.45) is 0 Å². The molecule has 0 saturated carbocycles. The van der Waals surface area contributed by atoms with Gasteiger partial charge in [0.25, 0.3) is 5.91 Å². The number of carbonyl (C=O) groups is 1. The van der Waals surface area contributed by atoms with Gasteiger partial charge in [-0.2, -0.15) is 0 Å². The number of piperidine rings is 1. The molecule has 2 heterocycles. The van der Waals surface area contributed by atoms with Crippen LogP contribution < -0.4 is 5.32 Å². The quantitative estimate of drug-likeness (QED) is 0.577. The van der Waals surface area contributed by atoms with Gasteiger partial charge in [-0.1, -0.05) is 23.7 Å². The van der Waals surface area contributed by atoms with Crippen molar-refractivity contribution >= 4 is 17.5 Å². The molecule has 1 N–H and O–H groups in total. The number of nitrogens with one attached hydrogen (secondary N) is 1. The van der Waals surface area contributed by atoms with Crippen LogP contribution in [0.2, 0.25) is 5.02 Å². The Kier molecular flexibility index (Phi) is 6.95. The average molecular weight is 438 g/mol. The maximum atomic E-state index is 13.1. The van der Waals surface area contributed by atoms with Crippen LogP contribution in [0.25, 0.3) is 0 Å². The number of pyridine rings is 1. The van der Waals surface area contributed by atoms with E-state index in [0.29, 0.717) is 23.0 Å². The van der Waals surface area contributed by atoms with Gasteiger partial charge in [0.2, 0.25) is 0 Å². The van der Waals surface area contributed by atoms with Gasteiger partial charge in [0.15, 0.2) is 0 Å². The summed E-state index contributed by atoms with van der Waals surface area (Å²) in [4.78, 5) is 19.3. The van der Waals surface area contributed by atoms with Crippen LogP contribution >= 0.6 is 11.6 Å². The summed E-state index contributed by atoms with van der Waals surface area (Å²) in [5.74, 6) is 0.0956. The highest BCUT2D eigenvalue weighted by Crippen LogP contribution is 2.28. The normalized spacial score (nSPS) is 15.0. The minimum Gasteiger partial charge on any atom is -0.348 e. The van der Waals surface area contributed by atoms with E-state index in [-0.39, 0.29) is 11.7 Å².